The normalized spacial score (nSPS) is 13.5. The Labute approximate surface area is 180 Å². The minimum atomic E-state index is -0.879. The Morgan fingerprint density at radius 3 is 2.16 bits per heavy atom. The SMILES string of the molecule is COC(=O)C(CCCCN1C(=O)c2ccccc2C1=O)NC(=O)OCc1ccccc1. The van der Waals surface area contributed by atoms with Crippen LogP contribution in [0.25, 0.3) is 0 Å². The van der Waals surface area contributed by atoms with E-state index in [-0.39, 0.29) is 31.4 Å². The van der Waals surface area contributed by atoms with Crippen molar-refractivity contribution in [3.05, 3.63) is 71.3 Å². The second-order valence-corrected chi connectivity index (χ2v) is 7.09. The van der Waals surface area contributed by atoms with Crippen LogP contribution < -0.4 is 5.32 Å². The quantitative estimate of drug-likeness (QED) is 0.377. The molecule has 8 heteroatoms. The number of hydrogen-bond acceptors (Lipinski definition) is 6. The van der Waals surface area contributed by atoms with Crippen LogP contribution >= 0.6 is 0 Å². The topological polar surface area (TPSA) is 102 Å². The highest BCUT2D eigenvalue weighted by atomic mass is 16.6. The molecule has 1 N–H and O–H groups in total. The third-order valence-corrected chi connectivity index (χ3v) is 4.99. The molecule has 0 saturated carbocycles. The molecule has 0 spiro atoms. The molecular weight excluding hydrogens is 400 g/mol. The molecule has 0 aliphatic carbocycles. The van der Waals surface area contributed by atoms with Gasteiger partial charge in [-0.15, -0.1) is 0 Å². The zero-order chi connectivity index (χ0) is 22.2. The summed E-state index contributed by atoms with van der Waals surface area (Å²) in [6.45, 7) is 0.318. The maximum absolute atomic E-state index is 12.4. The minimum Gasteiger partial charge on any atom is -0.467 e. The number of benzene rings is 2. The number of hydrogen-bond donors (Lipinski definition) is 1. The van der Waals surface area contributed by atoms with Gasteiger partial charge in [0.25, 0.3) is 11.8 Å². The van der Waals surface area contributed by atoms with E-state index < -0.39 is 18.1 Å². The maximum atomic E-state index is 12.4. The molecule has 8 nitrogen and oxygen atoms in total. The predicted octanol–water partition coefficient (Wildman–Crippen LogP) is 2.92. The van der Waals surface area contributed by atoms with Crippen molar-refractivity contribution in [1.82, 2.24) is 10.2 Å². The molecule has 0 fully saturated rings. The van der Waals surface area contributed by atoms with E-state index in [1.807, 2.05) is 30.3 Å². The van der Waals surface area contributed by atoms with Crippen LogP contribution in [0.15, 0.2) is 54.6 Å². The van der Waals surface area contributed by atoms with Gasteiger partial charge >= 0.3 is 12.1 Å². The van der Waals surface area contributed by atoms with Gasteiger partial charge in [0.05, 0.1) is 18.2 Å². The van der Waals surface area contributed by atoms with Crippen LogP contribution in [0.3, 0.4) is 0 Å². The lowest BCUT2D eigenvalue weighted by atomic mass is 10.1. The summed E-state index contributed by atoms with van der Waals surface area (Å²) in [5, 5.41) is 2.51. The Hall–Kier alpha value is -3.68. The van der Waals surface area contributed by atoms with Crippen molar-refractivity contribution in [1.29, 1.82) is 0 Å². The number of carbonyl (C=O) groups is 4. The Bertz CT molecular complexity index is 925. The third kappa shape index (κ3) is 5.48. The van der Waals surface area contributed by atoms with Crippen LogP contribution in [0.4, 0.5) is 4.79 Å². The number of carbonyl (C=O) groups excluding carboxylic acids is 4. The van der Waals surface area contributed by atoms with E-state index in [1.165, 1.54) is 12.0 Å². The number of methoxy groups -OCH3 is 1. The van der Waals surface area contributed by atoms with Gasteiger partial charge in [0.1, 0.15) is 12.6 Å². The van der Waals surface area contributed by atoms with E-state index in [0.717, 1.165) is 5.56 Å². The number of nitrogens with one attached hydrogen (secondary N) is 1. The van der Waals surface area contributed by atoms with Crippen LogP contribution in [-0.2, 0) is 20.9 Å². The summed E-state index contributed by atoms with van der Waals surface area (Å²) in [5.74, 6) is -1.21. The fourth-order valence-electron chi connectivity index (χ4n) is 3.36. The Morgan fingerprint density at radius 1 is 0.935 bits per heavy atom. The van der Waals surface area contributed by atoms with Crippen LogP contribution in [0.2, 0.25) is 0 Å². The Kier molecular flexibility index (Phi) is 7.37. The lowest BCUT2D eigenvalue weighted by molar-refractivity contribution is -0.143. The molecule has 1 unspecified atom stereocenters. The molecule has 162 valence electrons. The molecule has 2 aromatic carbocycles. The fourth-order valence-corrected chi connectivity index (χ4v) is 3.36. The standard InChI is InChI=1S/C23H24N2O6/c1-30-22(28)19(24-23(29)31-15-16-9-3-2-4-10-16)13-7-8-14-25-20(26)17-11-5-6-12-18(17)21(25)27/h2-6,9-12,19H,7-8,13-15H2,1H3,(H,24,29). The van der Waals surface area contributed by atoms with Gasteiger partial charge < -0.3 is 14.8 Å². The van der Waals surface area contributed by atoms with Crippen molar-refractivity contribution >= 4 is 23.9 Å². The number of fused-ring (bicyclic) bond motifs is 1. The number of unbranched alkanes of at least 4 members (excludes halogenated alkanes) is 1. The van der Waals surface area contributed by atoms with Crippen LogP contribution in [0.5, 0.6) is 0 Å². The van der Waals surface area contributed by atoms with Gasteiger partial charge in [0.15, 0.2) is 0 Å². The summed E-state index contributed by atoms with van der Waals surface area (Å²) in [5.41, 5.74) is 1.64. The molecule has 3 amide bonds. The molecule has 0 radical (unpaired) electrons. The fraction of sp³-hybridized carbons (Fsp3) is 0.304. The summed E-state index contributed by atoms with van der Waals surface area (Å²) in [4.78, 5) is 50.0. The smallest absolute Gasteiger partial charge is 0.408 e. The highest BCUT2D eigenvalue weighted by molar-refractivity contribution is 6.21. The summed E-state index contributed by atoms with van der Waals surface area (Å²) in [6.07, 6.45) is 0.543. The second kappa shape index (κ2) is 10.4. The van der Waals surface area contributed by atoms with E-state index in [9.17, 15) is 19.2 Å². The van der Waals surface area contributed by atoms with Crippen molar-refractivity contribution < 1.29 is 28.7 Å². The van der Waals surface area contributed by atoms with Crippen molar-refractivity contribution in [2.75, 3.05) is 13.7 Å². The molecule has 1 atom stereocenters. The maximum Gasteiger partial charge on any atom is 0.408 e. The molecular formula is C23H24N2O6. The molecule has 2 aromatic rings. The van der Waals surface area contributed by atoms with Gasteiger partial charge in [0, 0.05) is 6.54 Å². The van der Waals surface area contributed by atoms with E-state index in [2.05, 4.69) is 5.32 Å². The number of alkyl carbamates (subject to hydrolysis) is 1. The third-order valence-electron chi connectivity index (χ3n) is 4.99. The largest absolute Gasteiger partial charge is 0.467 e. The number of nitrogens with zero attached hydrogens (tertiary/aromatic N) is 1. The average Bonchev–Trinajstić information content (AvgIpc) is 3.04. The molecule has 0 saturated heterocycles. The van der Waals surface area contributed by atoms with Gasteiger partial charge in [-0.25, -0.2) is 9.59 Å². The van der Waals surface area contributed by atoms with Gasteiger partial charge in [0.2, 0.25) is 0 Å². The Morgan fingerprint density at radius 2 is 1.55 bits per heavy atom. The first-order valence-corrected chi connectivity index (χ1v) is 10.0. The number of esters is 1. The second-order valence-electron chi connectivity index (χ2n) is 7.09. The lowest BCUT2D eigenvalue weighted by Gasteiger charge is -2.17. The number of amides is 3. The molecule has 31 heavy (non-hydrogen) atoms. The monoisotopic (exact) mass is 424 g/mol. The number of imide groups is 1. The lowest BCUT2D eigenvalue weighted by Crippen LogP contribution is -2.41. The molecule has 1 aliphatic heterocycles. The first kappa shape index (κ1) is 22.0. The first-order valence-electron chi connectivity index (χ1n) is 10.0. The van der Waals surface area contributed by atoms with Crippen molar-refractivity contribution in [3.63, 3.8) is 0 Å². The molecule has 1 aliphatic rings. The predicted molar refractivity (Wildman–Crippen MR) is 111 cm³/mol. The van der Waals surface area contributed by atoms with Crippen molar-refractivity contribution in [3.8, 4) is 0 Å². The van der Waals surface area contributed by atoms with Gasteiger partial charge in [-0.1, -0.05) is 42.5 Å². The zero-order valence-electron chi connectivity index (χ0n) is 17.2. The van der Waals surface area contributed by atoms with Gasteiger partial charge in [-0.3, -0.25) is 14.5 Å². The number of ether oxygens (including phenoxy) is 2. The van der Waals surface area contributed by atoms with E-state index in [0.29, 0.717) is 24.0 Å². The highest BCUT2D eigenvalue weighted by Crippen LogP contribution is 2.22. The summed E-state index contributed by atoms with van der Waals surface area (Å²) in [6, 6.07) is 15.0. The van der Waals surface area contributed by atoms with Gasteiger partial charge in [-0.05, 0) is 37.0 Å². The van der Waals surface area contributed by atoms with Crippen LogP contribution in [0.1, 0.15) is 45.5 Å². The molecule has 1 heterocycles. The summed E-state index contributed by atoms with van der Waals surface area (Å²) in [7, 11) is 1.24. The van der Waals surface area contributed by atoms with Crippen molar-refractivity contribution in [2.24, 2.45) is 0 Å². The highest BCUT2D eigenvalue weighted by Gasteiger charge is 2.34. The van der Waals surface area contributed by atoms with Crippen LogP contribution in [0, 0.1) is 0 Å². The van der Waals surface area contributed by atoms with Crippen LogP contribution in [-0.4, -0.2) is 48.5 Å². The summed E-state index contributed by atoms with van der Waals surface area (Å²) < 4.78 is 9.90. The molecule has 0 bridgehead atoms. The summed E-state index contributed by atoms with van der Waals surface area (Å²) >= 11 is 0. The van der Waals surface area contributed by atoms with E-state index in [4.69, 9.17) is 9.47 Å². The Balaban J connectivity index is 1.46. The molecule has 3 rings (SSSR count). The first-order chi connectivity index (χ1) is 15.0. The van der Waals surface area contributed by atoms with Crippen molar-refractivity contribution in [2.45, 2.75) is 31.9 Å². The zero-order valence-corrected chi connectivity index (χ0v) is 17.2. The average molecular weight is 424 g/mol. The molecule has 0 aromatic heterocycles. The van der Waals surface area contributed by atoms with Gasteiger partial charge in [-0.2, -0.15) is 0 Å². The van der Waals surface area contributed by atoms with E-state index >= 15 is 0 Å². The minimum absolute atomic E-state index is 0.0836. The number of rotatable bonds is 9. The van der Waals surface area contributed by atoms with E-state index in [1.54, 1.807) is 24.3 Å².